The van der Waals surface area contributed by atoms with Gasteiger partial charge in [-0.1, -0.05) is 0 Å². The summed E-state index contributed by atoms with van der Waals surface area (Å²) in [6.07, 6.45) is 3.29. The van der Waals surface area contributed by atoms with E-state index in [1.54, 1.807) is 0 Å². The van der Waals surface area contributed by atoms with E-state index >= 15 is 0 Å². The number of rotatable bonds is 1. The fourth-order valence-corrected chi connectivity index (χ4v) is 1.54. The highest BCUT2D eigenvalue weighted by Crippen LogP contribution is 2.26. The lowest BCUT2D eigenvalue weighted by molar-refractivity contribution is 0.275. The molecule has 0 radical (unpaired) electrons. The summed E-state index contributed by atoms with van der Waals surface area (Å²) in [6.45, 7) is 3.43. The minimum absolute atomic E-state index is 0.645. The number of ether oxygens (including phenoxy) is 1. The van der Waals surface area contributed by atoms with Crippen LogP contribution in [0.1, 0.15) is 12.8 Å². The van der Waals surface area contributed by atoms with Gasteiger partial charge < -0.3 is 10.1 Å². The molecule has 2 fully saturated rings. The van der Waals surface area contributed by atoms with Crippen molar-refractivity contribution in [2.24, 2.45) is 5.92 Å². The standard InChI is InChI=1S/C7H13NO/c1-3-8-4-2-6(1)7-5-9-7/h6-8H,1-5H2. The van der Waals surface area contributed by atoms with Gasteiger partial charge in [0.25, 0.3) is 0 Å². The average molecular weight is 127 g/mol. The molecule has 2 rings (SSSR count). The molecule has 0 saturated carbocycles. The topological polar surface area (TPSA) is 24.6 Å². The number of hydrogen-bond acceptors (Lipinski definition) is 2. The van der Waals surface area contributed by atoms with Crippen LogP contribution < -0.4 is 5.32 Å². The molecule has 2 heteroatoms. The second-order valence-corrected chi connectivity index (χ2v) is 2.96. The van der Waals surface area contributed by atoms with Crippen LogP contribution in [0.15, 0.2) is 0 Å². The number of piperidine rings is 1. The van der Waals surface area contributed by atoms with E-state index in [1.165, 1.54) is 25.9 Å². The Balaban J connectivity index is 1.80. The molecular weight excluding hydrogens is 114 g/mol. The molecule has 0 amide bonds. The van der Waals surface area contributed by atoms with Crippen molar-refractivity contribution in [3.63, 3.8) is 0 Å². The highest BCUT2D eigenvalue weighted by molar-refractivity contribution is 4.82. The Hall–Kier alpha value is -0.0800. The maximum absolute atomic E-state index is 5.22. The van der Waals surface area contributed by atoms with Gasteiger partial charge in [0.1, 0.15) is 0 Å². The van der Waals surface area contributed by atoms with E-state index < -0.39 is 0 Å². The van der Waals surface area contributed by atoms with Crippen LogP contribution in [0.4, 0.5) is 0 Å². The summed E-state index contributed by atoms with van der Waals surface area (Å²) in [5, 5.41) is 3.34. The van der Waals surface area contributed by atoms with E-state index in [0.717, 1.165) is 12.5 Å². The molecule has 2 aliphatic rings. The maximum atomic E-state index is 5.22. The lowest BCUT2D eigenvalue weighted by Crippen LogP contribution is -2.30. The first kappa shape index (κ1) is 5.69. The van der Waals surface area contributed by atoms with E-state index in [4.69, 9.17) is 4.74 Å². The maximum Gasteiger partial charge on any atom is 0.0838 e. The van der Waals surface area contributed by atoms with Gasteiger partial charge in [0.15, 0.2) is 0 Å². The molecule has 0 aromatic carbocycles. The Labute approximate surface area is 55.6 Å². The van der Waals surface area contributed by atoms with E-state index in [0.29, 0.717) is 6.10 Å². The van der Waals surface area contributed by atoms with Gasteiger partial charge in [0.2, 0.25) is 0 Å². The Morgan fingerprint density at radius 3 is 2.44 bits per heavy atom. The molecule has 2 nitrogen and oxygen atoms in total. The third kappa shape index (κ3) is 1.25. The fraction of sp³-hybridized carbons (Fsp3) is 1.00. The van der Waals surface area contributed by atoms with Crippen LogP contribution in [0.5, 0.6) is 0 Å². The lowest BCUT2D eigenvalue weighted by atomic mass is 9.95. The van der Waals surface area contributed by atoms with Gasteiger partial charge in [-0.05, 0) is 31.8 Å². The quantitative estimate of drug-likeness (QED) is 0.515. The van der Waals surface area contributed by atoms with E-state index in [-0.39, 0.29) is 0 Å². The largest absolute Gasteiger partial charge is 0.373 e. The third-order valence-electron chi connectivity index (χ3n) is 2.27. The van der Waals surface area contributed by atoms with Crippen LogP contribution in [0.3, 0.4) is 0 Å². The van der Waals surface area contributed by atoms with Crippen molar-refractivity contribution in [2.45, 2.75) is 18.9 Å². The summed E-state index contributed by atoms with van der Waals surface area (Å²) in [6, 6.07) is 0. The molecule has 0 spiro atoms. The Morgan fingerprint density at radius 1 is 1.22 bits per heavy atom. The fourth-order valence-electron chi connectivity index (χ4n) is 1.54. The molecule has 1 atom stereocenters. The minimum atomic E-state index is 0.645. The second-order valence-electron chi connectivity index (χ2n) is 2.96. The molecule has 1 unspecified atom stereocenters. The minimum Gasteiger partial charge on any atom is -0.373 e. The van der Waals surface area contributed by atoms with Crippen LogP contribution in [0, 0.1) is 5.92 Å². The summed E-state index contributed by atoms with van der Waals surface area (Å²) >= 11 is 0. The van der Waals surface area contributed by atoms with Gasteiger partial charge in [-0.2, -0.15) is 0 Å². The highest BCUT2D eigenvalue weighted by atomic mass is 16.6. The van der Waals surface area contributed by atoms with Gasteiger partial charge in [-0.15, -0.1) is 0 Å². The van der Waals surface area contributed by atoms with Crippen molar-refractivity contribution in [2.75, 3.05) is 19.7 Å². The molecule has 0 aromatic rings. The average Bonchev–Trinajstić information content (AvgIpc) is 2.71. The first-order chi connectivity index (χ1) is 4.47. The molecule has 0 bridgehead atoms. The van der Waals surface area contributed by atoms with Crippen molar-refractivity contribution in [1.29, 1.82) is 0 Å². The predicted molar refractivity (Wildman–Crippen MR) is 35.3 cm³/mol. The molecule has 9 heavy (non-hydrogen) atoms. The molecule has 2 saturated heterocycles. The van der Waals surface area contributed by atoms with Gasteiger partial charge >= 0.3 is 0 Å². The molecule has 2 heterocycles. The van der Waals surface area contributed by atoms with Crippen LogP contribution in [0.25, 0.3) is 0 Å². The van der Waals surface area contributed by atoms with Crippen molar-refractivity contribution >= 4 is 0 Å². The monoisotopic (exact) mass is 127 g/mol. The molecule has 2 aliphatic heterocycles. The van der Waals surface area contributed by atoms with Gasteiger partial charge in [-0.25, -0.2) is 0 Å². The molecule has 0 aliphatic carbocycles. The summed E-state index contributed by atoms with van der Waals surface area (Å²) in [7, 11) is 0. The zero-order valence-corrected chi connectivity index (χ0v) is 5.60. The number of hydrogen-bond donors (Lipinski definition) is 1. The lowest BCUT2D eigenvalue weighted by Gasteiger charge is -2.20. The molecule has 52 valence electrons. The van der Waals surface area contributed by atoms with Crippen LogP contribution >= 0.6 is 0 Å². The van der Waals surface area contributed by atoms with Crippen LogP contribution in [-0.2, 0) is 4.74 Å². The normalized spacial score (nSPS) is 36.7. The molecular formula is C7H13NO. The zero-order valence-electron chi connectivity index (χ0n) is 5.60. The van der Waals surface area contributed by atoms with E-state index in [1.807, 2.05) is 0 Å². The van der Waals surface area contributed by atoms with Gasteiger partial charge in [0.05, 0.1) is 12.7 Å². The Bertz CT molecular complexity index is 95.1. The van der Waals surface area contributed by atoms with Gasteiger partial charge in [0, 0.05) is 0 Å². The van der Waals surface area contributed by atoms with Gasteiger partial charge in [-0.3, -0.25) is 0 Å². The summed E-state index contributed by atoms with van der Waals surface area (Å²) in [4.78, 5) is 0. The zero-order chi connectivity index (χ0) is 6.10. The third-order valence-corrected chi connectivity index (χ3v) is 2.27. The summed E-state index contributed by atoms with van der Waals surface area (Å²) in [5.74, 6) is 0.881. The number of epoxide rings is 1. The van der Waals surface area contributed by atoms with Crippen molar-refractivity contribution in [1.82, 2.24) is 5.32 Å². The van der Waals surface area contributed by atoms with Crippen molar-refractivity contribution in [3.05, 3.63) is 0 Å². The molecule has 0 aromatic heterocycles. The molecule has 1 N–H and O–H groups in total. The van der Waals surface area contributed by atoms with Crippen molar-refractivity contribution < 1.29 is 4.74 Å². The SMILES string of the molecule is C1CC(C2CO2)CCN1. The van der Waals surface area contributed by atoms with Crippen molar-refractivity contribution in [3.8, 4) is 0 Å². The van der Waals surface area contributed by atoms with Crippen LogP contribution in [-0.4, -0.2) is 25.8 Å². The van der Waals surface area contributed by atoms with Crippen LogP contribution in [0.2, 0.25) is 0 Å². The first-order valence-electron chi connectivity index (χ1n) is 3.79. The summed E-state index contributed by atoms with van der Waals surface area (Å²) in [5.41, 5.74) is 0. The van der Waals surface area contributed by atoms with E-state index in [9.17, 15) is 0 Å². The number of nitrogens with one attached hydrogen (secondary N) is 1. The second kappa shape index (κ2) is 2.27. The predicted octanol–water partition coefficient (Wildman–Crippen LogP) is 0.385. The Morgan fingerprint density at radius 2 is 1.89 bits per heavy atom. The summed E-state index contributed by atoms with van der Waals surface area (Å²) < 4.78 is 5.22. The first-order valence-corrected chi connectivity index (χ1v) is 3.79. The Kier molecular flexibility index (Phi) is 1.44. The smallest absolute Gasteiger partial charge is 0.0838 e. The highest BCUT2D eigenvalue weighted by Gasteiger charge is 2.32. The van der Waals surface area contributed by atoms with E-state index in [2.05, 4.69) is 5.32 Å².